The smallest absolute Gasteiger partial charge is 0.407 e. The molecule has 2 amide bonds. The summed E-state index contributed by atoms with van der Waals surface area (Å²) in [6.07, 6.45) is 3.99. The lowest BCUT2D eigenvalue weighted by molar-refractivity contribution is -0.137. The van der Waals surface area contributed by atoms with Crippen LogP contribution in [0.3, 0.4) is 0 Å². The molecule has 7 nitrogen and oxygen atoms in total. The molecule has 0 bridgehead atoms. The molecule has 35 heavy (non-hydrogen) atoms. The van der Waals surface area contributed by atoms with Crippen LogP contribution in [-0.2, 0) is 14.3 Å². The van der Waals surface area contributed by atoms with Gasteiger partial charge in [0.1, 0.15) is 6.61 Å². The van der Waals surface area contributed by atoms with Crippen molar-refractivity contribution in [2.24, 2.45) is 5.92 Å². The highest BCUT2D eigenvalue weighted by Gasteiger charge is 2.33. The first-order valence-electron chi connectivity index (χ1n) is 12.5. The van der Waals surface area contributed by atoms with E-state index in [1.165, 1.54) is 22.3 Å². The van der Waals surface area contributed by atoms with Gasteiger partial charge in [-0.1, -0.05) is 55.0 Å². The van der Waals surface area contributed by atoms with Crippen molar-refractivity contribution in [1.82, 2.24) is 10.2 Å². The second-order valence-electron chi connectivity index (χ2n) is 9.64. The zero-order valence-corrected chi connectivity index (χ0v) is 20.2. The van der Waals surface area contributed by atoms with Crippen LogP contribution in [0, 0.1) is 5.92 Å². The van der Waals surface area contributed by atoms with Gasteiger partial charge in [0.2, 0.25) is 5.91 Å². The minimum absolute atomic E-state index is 0.0175. The number of carboxylic acid groups (broad SMARTS) is 1. The minimum atomic E-state index is -0.813. The summed E-state index contributed by atoms with van der Waals surface area (Å²) in [7, 11) is 1.76. The summed E-state index contributed by atoms with van der Waals surface area (Å²) in [5.41, 5.74) is 4.74. The van der Waals surface area contributed by atoms with Crippen molar-refractivity contribution in [1.29, 1.82) is 0 Å². The van der Waals surface area contributed by atoms with Crippen LogP contribution in [0.15, 0.2) is 48.5 Å². The van der Waals surface area contributed by atoms with Crippen LogP contribution in [0.1, 0.15) is 62.0 Å². The van der Waals surface area contributed by atoms with Gasteiger partial charge in [0.15, 0.2) is 0 Å². The fourth-order valence-corrected chi connectivity index (χ4v) is 5.39. The van der Waals surface area contributed by atoms with Crippen molar-refractivity contribution in [3.05, 3.63) is 59.7 Å². The number of fused-ring (bicyclic) bond motifs is 3. The van der Waals surface area contributed by atoms with E-state index in [1.807, 2.05) is 24.3 Å². The maximum atomic E-state index is 12.7. The summed E-state index contributed by atoms with van der Waals surface area (Å²) in [6, 6.07) is 16.4. The number of nitrogens with one attached hydrogen (secondary N) is 1. The standard InChI is InChI=1S/C28H34N2O5/c1-30(16-7-6-15-27(32)33)26(31)17-19-9-8-14-25(19)29-28(34)35-18-24-22-12-4-2-10-20(22)21-11-3-5-13-23(21)24/h2-5,10-13,19,24-25H,6-9,14-18H2,1H3,(H,29,34)(H,32,33). The van der Waals surface area contributed by atoms with Crippen molar-refractivity contribution >= 4 is 18.0 Å². The van der Waals surface area contributed by atoms with Crippen LogP contribution in [0.25, 0.3) is 11.1 Å². The van der Waals surface area contributed by atoms with Crippen molar-refractivity contribution in [2.45, 2.75) is 56.9 Å². The van der Waals surface area contributed by atoms with Gasteiger partial charge in [-0.15, -0.1) is 0 Å². The third-order valence-electron chi connectivity index (χ3n) is 7.30. The molecule has 7 heteroatoms. The van der Waals surface area contributed by atoms with E-state index in [-0.39, 0.29) is 36.8 Å². The first-order chi connectivity index (χ1) is 16.9. The number of aliphatic carboxylic acids is 1. The molecular formula is C28H34N2O5. The Bertz CT molecular complexity index is 1020. The molecule has 2 aliphatic carbocycles. The maximum Gasteiger partial charge on any atom is 0.407 e. The number of unbranched alkanes of at least 4 members (excludes halogenated alkanes) is 1. The molecule has 1 saturated carbocycles. The van der Waals surface area contributed by atoms with Crippen molar-refractivity contribution in [3.8, 4) is 11.1 Å². The molecule has 0 aliphatic heterocycles. The van der Waals surface area contributed by atoms with E-state index < -0.39 is 12.1 Å². The Balaban J connectivity index is 1.27. The zero-order chi connectivity index (χ0) is 24.8. The highest BCUT2D eigenvalue weighted by Crippen LogP contribution is 2.44. The first kappa shape index (κ1) is 24.8. The second kappa shape index (κ2) is 11.4. The highest BCUT2D eigenvalue weighted by molar-refractivity contribution is 5.79. The average Bonchev–Trinajstić information content (AvgIpc) is 3.42. The normalized spacial score (nSPS) is 18.5. The molecule has 2 aromatic carbocycles. The monoisotopic (exact) mass is 478 g/mol. The quantitative estimate of drug-likeness (QED) is 0.479. The van der Waals surface area contributed by atoms with Crippen LogP contribution in [0.2, 0.25) is 0 Å². The van der Waals surface area contributed by atoms with Gasteiger partial charge in [-0.25, -0.2) is 4.79 Å². The molecule has 1 fully saturated rings. The van der Waals surface area contributed by atoms with Gasteiger partial charge in [-0.2, -0.15) is 0 Å². The van der Waals surface area contributed by atoms with E-state index >= 15 is 0 Å². The fourth-order valence-electron chi connectivity index (χ4n) is 5.39. The molecule has 2 unspecified atom stereocenters. The fraction of sp³-hybridized carbons (Fsp3) is 0.464. The van der Waals surface area contributed by atoms with Crippen molar-refractivity contribution in [2.75, 3.05) is 20.2 Å². The average molecular weight is 479 g/mol. The summed E-state index contributed by atoms with van der Waals surface area (Å²) >= 11 is 0. The third kappa shape index (κ3) is 6.02. The lowest BCUT2D eigenvalue weighted by atomic mass is 9.98. The Labute approximate surface area is 206 Å². The molecule has 2 aromatic rings. The van der Waals surface area contributed by atoms with E-state index in [0.29, 0.717) is 25.8 Å². The van der Waals surface area contributed by atoms with E-state index in [9.17, 15) is 14.4 Å². The highest BCUT2D eigenvalue weighted by atomic mass is 16.5. The largest absolute Gasteiger partial charge is 0.481 e. The summed E-state index contributed by atoms with van der Waals surface area (Å²) in [5, 5.41) is 11.8. The summed E-state index contributed by atoms with van der Waals surface area (Å²) in [4.78, 5) is 37.7. The van der Waals surface area contributed by atoms with Gasteiger partial charge in [-0.3, -0.25) is 9.59 Å². The number of ether oxygens (including phenoxy) is 1. The second-order valence-corrected chi connectivity index (χ2v) is 9.64. The predicted octanol–water partition coefficient (Wildman–Crippen LogP) is 4.80. The van der Waals surface area contributed by atoms with Crippen LogP contribution in [0.5, 0.6) is 0 Å². The molecule has 0 saturated heterocycles. The molecule has 2 N–H and O–H groups in total. The van der Waals surface area contributed by atoms with Gasteiger partial charge in [-0.05, 0) is 53.9 Å². The molecule has 0 spiro atoms. The van der Waals surface area contributed by atoms with E-state index in [2.05, 4.69) is 29.6 Å². The number of rotatable bonds is 10. The predicted molar refractivity (Wildman–Crippen MR) is 133 cm³/mol. The van der Waals surface area contributed by atoms with Gasteiger partial charge in [0, 0.05) is 38.4 Å². The molecule has 0 radical (unpaired) electrons. The van der Waals surface area contributed by atoms with Gasteiger partial charge in [0.05, 0.1) is 0 Å². The Hall–Kier alpha value is -3.35. The van der Waals surface area contributed by atoms with E-state index in [0.717, 1.165) is 19.3 Å². The molecule has 4 rings (SSSR count). The Morgan fingerprint density at radius 1 is 1.00 bits per heavy atom. The molecule has 186 valence electrons. The lowest BCUT2D eigenvalue weighted by Crippen LogP contribution is -2.40. The number of amides is 2. The summed E-state index contributed by atoms with van der Waals surface area (Å²) in [5.74, 6) is -0.674. The zero-order valence-electron chi connectivity index (χ0n) is 20.2. The lowest BCUT2D eigenvalue weighted by Gasteiger charge is -2.24. The van der Waals surface area contributed by atoms with E-state index in [1.54, 1.807) is 11.9 Å². The third-order valence-corrected chi connectivity index (χ3v) is 7.30. The molecule has 0 aromatic heterocycles. The van der Waals surface area contributed by atoms with Crippen LogP contribution >= 0.6 is 0 Å². The van der Waals surface area contributed by atoms with Gasteiger partial charge in [0.25, 0.3) is 0 Å². The Kier molecular flexibility index (Phi) is 8.06. The summed E-state index contributed by atoms with van der Waals surface area (Å²) < 4.78 is 5.69. The number of alkyl carbamates (subject to hydrolysis) is 1. The Morgan fingerprint density at radius 3 is 2.31 bits per heavy atom. The topological polar surface area (TPSA) is 95.9 Å². The number of nitrogens with zero attached hydrogens (tertiary/aromatic N) is 1. The number of benzene rings is 2. The van der Waals surface area contributed by atoms with Crippen molar-refractivity contribution in [3.63, 3.8) is 0 Å². The number of carboxylic acids is 1. The van der Waals surface area contributed by atoms with Crippen LogP contribution in [-0.4, -0.2) is 54.2 Å². The molecule has 2 atom stereocenters. The first-order valence-corrected chi connectivity index (χ1v) is 12.5. The number of hydrogen-bond acceptors (Lipinski definition) is 4. The number of carbonyl (C=O) groups is 3. The Morgan fingerprint density at radius 2 is 1.66 bits per heavy atom. The number of hydrogen-bond donors (Lipinski definition) is 2. The van der Waals surface area contributed by atoms with Crippen LogP contribution < -0.4 is 5.32 Å². The van der Waals surface area contributed by atoms with E-state index in [4.69, 9.17) is 9.84 Å². The molecule has 2 aliphatic rings. The summed E-state index contributed by atoms with van der Waals surface area (Å²) in [6.45, 7) is 0.818. The van der Waals surface area contributed by atoms with Gasteiger partial charge >= 0.3 is 12.1 Å². The molecular weight excluding hydrogens is 444 g/mol. The molecule has 0 heterocycles. The number of carbonyl (C=O) groups excluding carboxylic acids is 2. The minimum Gasteiger partial charge on any atom is -0.481 e. The van der Waals surface area contributed by atoms with Crippen molar-refractivity contribution < 1.29 is 24.2 Å². The van der Waals surface area contributed by atoms with Crippen LogP contribution in [0.4, 0.5) is 4.79 Å². The maximum absolute atomic E-state index is 12.7. The van der Waals surface area contributed by atoms with Gasteiger partial charge < -0.3 is 20.1 Å². The SMILES string of the molecule is CN(CCCCC(=O)O)C(=O)CC1CCCC1NC(=O)OCC1c2ccccc2-c2ccccc21.